The first kappa shape index (κ1) is 9.67. The largest absolute Gasteiger partial charge is 0.461 e. The number of hydrogen-bond acceptors (Lipinski definition) is 3. The Morgan fingerprint density at radius 1 is 1.73 bits per heavy atom. The highest BCUT2D eigenvalue weighted by molar-refractivity contribution is 5.72. The van der Waals surface area contributed by atoms with Gasteiger partial charge in [-0.3, -0.25) is 0 Å². The summed E-state index contributed by atoms with van der Waals surface area (Å²) in [6.45, 7) is 2.10. The van der Waals surface area contributed by atoms with Crippen LogP contribution in [0.3, 0.4) is 0 Å². The molecule has 0 aliphatic carbocycles. The molecule has 0 bridgehead atoms. The van der Waals surface area contributed by atoms with Crippen LogP contribution in [0.4, 0.5) is 0 Å². The van der Waals surface area contributed by atoms with Crippen LogP contribution < -0.4 is 0 Å². The second-order valence-electron chi connectivity index (χ2n) is 1.95. The maximum atomic E-state index is 9.90. The molecular weight excluding hydrogens is 150 g/mol. The highest BCUT2D eigenvalue weighted by atomic mass is 16.7. The smallest absolute Gasteiger partial charge is 0.361 e. The summed E-state index contributed by atoms with van der Waals surface area (Å²) in [7, 11) is 3.25. The van der Waals surface area contributed by atoms with Gasteiger partial charge in [0.1, 0.15) is 5.10 Å². The van der Waals surface area contributed by atoms with Crippen molar-refractivity contribution in [1.82, 2.24) is 4.90 Å². The molecule has 64 valence electrons. The number of amidine groups is 1. The number of ether oxygens (including phenoxy) is 1. The van der Waals surface area contributed by atoms with Gasteiger partial charge >= 0.3 is 6.02 Å². The van der Waals surface area contributed by atoms with Gasteiger partial charge in [0, 0.05) is 14.1 Å². The lowest BCUT2D eigenvalue weighted by molar-refractivity contribution is -0.487. The normalized spacial score (nSPS) is 11.0. The van der Waals surface area contributed by atoms with E-state index in [0.29, 0.717) is 6.61 Å². The molecule has 0 spiro atoms. The van der Waals surface area contributed by atoms with Crippen molar-refractivity contribution in [3.8, 4) is 0 Å². The maximum Gasteiger partial charge on any atom is 0.361 e. The van der Waals surface area contributed by atoms with E-state index < -0.39 is 5.03 Å². The quantitative estimate of drug-likeness (QED) is 0.250. The molecule has 6 heteroatoms. The van der Waals surface area contributed by atoms with Crippen molar-refractivity contribution in [3.63, 3.8) is 0 Å². The molecule has 6 nitrogen and oxygen atoms in total. The molecule has 11 heavy (non-hydrogen) atoms. The number of nitro groups is 1. The van der Waals surface area contributed by atoms with Crippen molar-refractivity contribution in [2.75, 3.05) is 20.7 Å². The Balaban J connectivity index is 4.20. The van der Waals surface area contributed by atoms with Crippen LogP contribution in [-0.4, -0.2) is 36.7 Å². The lowest BCUT2D eigenvalue weighted by atomic mass is 10.8. The van der Waals surface area contributed by atoms with Crippen LogP contribution in [0.2, 0.25) is 0 Å². The molecule has 0 N–H and O–H groups in total. The summed E-state index contributed by atoms with van der Waals surface area (Å²) >= 11 is 0. The van der Waals surface area contributed by atoms with E-state index in [1.807, 2.05) is 0 Å². The Morgan fingerprint density at radius 2 is 2.27 bits per heavy atom. The second kappa shape index (κ2) is 4.48. The summed E-state index contributed by atoms with van der Waals surface area (Å²) in [4.78, 5) is 11.3. The van der Waals surface area contributed by atoms with Gasteiger partial charge in [0.15, 0.2) is 5.03 Å². The Labute approximate surface area is 64.6 Å². The molecule has 0 saturated heterocycles. The summed E-state index contributed by atoms with van der Waals surface area (Å²) in [6.07, 6.45) is 0. The minimum absolute atomic E-state index is 0.0116. The van der Waals surface area contributed by atoms with Crippen LogP contribution in [0, 0.1) is 10.1 Å². The third-order valence-corrected chi connectivity index (χ3v) is 0.823. The van der Waals surface area contributed by atoms with E-state index in [-0.39, 0.29) is 6.02 Å². The number of nitrogens with zero attached hydrogens (tertiary/aromatic N) is 3. The van der Waals surface area contributed by atoms with Crippen molar-refractivity contribution >= 4 is 6.02 Å². The zero-order chi connectivity index (χ0) is 8.85. The van der Waals surface area contributed by atoms with Crippen LogP contribution in [0.5, 0.6) is 0 Å². The Kier molecular flexibility index (Phi) is 3.94. The van der Waals surface area contributed by atoms with E-state index in [2.05, 4.69) is 5.10 Å². The number of rotatable bonds is 2. The van der Waals surface area contributed by atoms with Gasteiger partial charge in [-0.1, -0.05) is 0 Å². The average Bonchev–Trinajstić information content (AvgIpc) is 1.86. The van der Waals surface area contributed by atoms with E-state index in [0.717, 1.165) is 0 Å². The lowest BCUT2D eigenvalue weighted by Gasteiger charge is -2.10. The van der Waals surface area contributed by atoms with Gasteiger partial charge in [-0.2, -0.15) is 0 Å². The van der Waals surface area contributed by atoms with Crippen LogP contribution in [0.15, 0.2) is 5.10 Å². The first-order valence-corrected chi connectivity index (χ1v) is 3.11. The van der Waals surface area contributed by atoms with Crippen LogP contribution in [0.1, 0.15) is 6.92 Å². The van der Waals surface area contributed by atoms with E-state index in [4.69, 9.17) is 4.74 Å². The summed E-state index contributed by atoms with van der Waals surface area (Å²) in [5.41, 5.74) is 0. The van der Waals surface area contributed by atoms with E-state index >= 15 is 0 Å². The highest BCUT2D eigenvalue weighted by Gasteiger charge is 2.07. The fraction of sp³-hybridized carbons (Fsp3) is 0.800. The van der Waals surface area contributed by atoms with Crippen LogP contribution >= 0.6 is 0 Å². The van der Waals surface area contributed by atoms with Gasteiger partial charge in [-0.15, -0.1) is 0 Å². The number of hydrogen-bond donors (Lipinski definition) is 0. The highest BCUT2D eigenvalue weighted by Crippen LogP contribution is 1.87. The molecular formula is C5H11N3O3. The number of hydrazone groups is 1. The first-order chi connectivity index (χ1) is 5.07. The molecule has 0 aromatic carbocycles. The first-order valence-electron chi connectivity index (χ1n) is 3.11. The zero-order valence-electron chi connectivity index (χ0n) is 6.77. The molecule has 0 aromatic heterocycles. The van der Waals surface area contributed by atoms with Crippen molar-refractivity contribution in [1.29, 1.82) is 0 Å². The van der Waals surface area contributed by atoms with Crippen molar-refractivity contribution in [2.24, 2.45) is 5.10 Å². The van der Waals surface area contributed by atoms with Gasteiger partial charge in [0.25, 0.3) is 0 Å². The summed E-state index contributed by atoms with van der Waals surface area (Å²) in [6, 6.07) is 0.0116. The molecule has 0 unspecified atom stereocenters. The minimum atomic E-state index is -0.787. The molecule has 0 heterocycles. The molecule has 0 radical (unpaired) electrons. The molecule has 0 rings (SSSR count). The second-order valence-corrected chi connectivity index (χ2v) is 1.95. The molecule has 0 fully saturated rings. The fourth-order valence-electron chi connectivity index (χ4n) is 0.446. The zero-order valence-corrected chi connectivity index (χ0v) is 6.77. The summed E-state index contributed by atoms with van der Waals surface area (Å²) in [5, 5.41) is 12.1. The molecule has 0 aliphatic rings. The molecule has 0 aromatic rings. The third-order valence-electron chi connectivity index (χ3n) is 0.823. The van der Waals surface area contributed by atoms with E-state index in [1.165, 1.54) is 4.90 Å². The minimum Gasteiger partial charge on any atom is -0.461 e. The van der Waals surface area contributed by atoms with Crippen molar-refractivity contribution in [3.05, 3.63) is 10.1 Å². The predicted octanol–water partition coefficient (Wildman–Crippen LogP) is 0.132. The van der Waals surface area contributed by atoms with Gasteiger partial charge in [0.05, 0.1) is 6.61 Å². The van der Waals surface area contributed by atoms with Gasteiger partial charge in [-0.05, 0) is 6.92 Å². The topological polar surface area (TPSA) is 68.0 Å². The summed E-state index contributed by atoms with van der Waals surface area (Å²) in [5.74, 6) is 0. The molecule has 0 amide bonds. The third kappa shape index (κ3) is 4.12. The Morgan fingerprint density at radius 3 is 2.55 bits per heavy atom. The van der Waals surface area contributed by atoms with E-state index in [9.17, 15) is 10.1 Å². The Hall–Kier alpha value is -1.33. The van der Waals surface area contributed by atoms with Gasteiger partial charge in [0.2, 0.25) is 0 Å². The van der Waals surface area contributed by atoms with Crippen molar-refractivity contribution < 1.29 is 9.77 Å². The molecule has 0 aliphatic heterocycles. The lowest BCUT2D eigenvalue weighted by Crippen LogP contribution is -2.25. The Bertz CT molecular complexity index is 166. The standard InChI is InChI=1S/C5H11N3O3/c1-4-11-5(7(2)3)6-8(9)10/h4H2,1-3H3. The van der Waals surface area contributed by atoms with Crippen molar-refractivity contribution in [2.45, 2.75) is 6.92 Å². The summed E-state index contributed by atoms with van der Waals surface area (Å²) < 4.78 is 4.85. The fourth-order valence-corrected chi connectivity index (χ4v) is 0.446. The molecule has 0 saturated carbocycles. The maximum absolute atomic E-state index is 9.90. The average molecular weight is 161 g/mol. The SMILES string of the molecule is CCOC(=N[N+](=O)[O-])N(C)C. The van der Waals surface area contributed by atoms with Crippen LogP contribution in [-0.2, 0) is 4.74 Å². The van der Waals surface area contributed by atoms with Crippen LogP contribution in [0.25, 0.3) is 0 Å². The molecule has 0 atom stereocenters. The predicted molar refractivity (Wildman–Crippen MR) is 39.7 cm³/mol. The van der Waals surface area contributed by atoms with Gasteiger partial charge in [-0.25, -0.2) is 10.1 Å². The monoisotopic (exact) mass is 161 g/mol. The van der Waals surface area contributed by atoms with Gasteiger partial charge < -0.3 is 9.64 Å². The van der Waals surface area contributed by atoms with E-state index in [1.54, 1.807) is 21.0 Å².